The van der Waals surface area contributed by atoms with E-state index in [1.807, 2.05) is 20.8 Å². The molecule has 0 aliphatic carbocycles. The Morgan fingerprint density at radius 1 is 1.30 bits per heavy atom. The molecular formula is C16H25NO3. The van der Waals surface area contributed by atoms with Crippen LogP contribution in [0.1, 0.15) is 43.4 Å². The van der Waals surface area contributed by atoms with Crippen LogP contribution in [0.3, 0.4) is 0 Å². The summed E-state index contributed by atoms with van der Waals surface area (Å²) in [4.78, 5) is 11.2. The molecule has 4 nitrogen and oxygen atoms in total. The number of hydrogen-bond donors (Lipinski definition) is 2. The van der Waals surface area contributed by atoms with Crippen LogP contribution in [0.2, 0.25) is 0 Å². The van der Waals surface area contributed by atoms with Crippen molar-refractivity contribution in [2.45, 2.75) is 53.2 Å². The van der Waals surface area contributed by atoms with Gasteiger partial charge in [-0.1, -0.05) is 32.4 Å². The van der Waals surface area contributed by atoms with Crippen LogP contribution < -0.4 is 10.1 Å². The molecule has 1 aromatic rings. The first-order chi connectivity index (χ1) is 9.49. The smallest absolute Gasteiger partial charge is 0.344 e. The summed E-state index contributed by atoms with van der Waals surface area (Å²) in [6.07, 6.45) is 0.540. The fraction of sp³-hybridized carbons (Fsp3) is 0.562. The van der Waals surface area contributed by atoms with E-state index < -0.39 is 12.1 Å². The third kappa shape index (κ3) is 4.53. The summed E-state index contributed by atoms with van der Waals surface area (Å²) in [6.45, 7) is 9.69. The zero-order valence-electron chi connectivity index (χ0n) is 12.8. The van der Waals surface area contributed by atoms with Gasteiger partial charge in [0.15, 0.2) is 6.10 Å². The van der Waals surface area contributed by atoms with Gasteiger partial charge in [-0.2, -0.15) is 0 Å². The maximum atomic E-state index is 11.2. The molecule has 1 aromatic carbocycles. The highest BCUT2D eigenvalue weighted by Crippen LogP contribution is 2.26. The van der Waals surface area contributed by atoms with Crippen LogP contribution >= 0.6 is 0 Å². The second kappa shape index (κ2) is 7.90. The van der Waals surface area contributed by atoms with Crippen molar-refractivity contribution in [3.05, 3.63) is 28.8 Å². The molecule has 0 bridgehead atoms. The number of carboxylic acid groups (broad SMARTS) is 1. The van der Waals surface area contributed by atoms with Gasteiger partial charge in [-0.15, -0.1) is 0 Å². The Kier molecular flexibility index (Phi) is 6.52. The van der Waals surface area contributed by atoms with E-state index >= 15 is 0 Å². The van der Waals surface area contributed by atoms with Gasteiger partial charge in [0.1, 0.15) is 5.75 Å². The first kappa shape index (κ1) is 16.5. The number of rotatable bonds is 8. The summed E-state index contributed by atoms with van der Waals surface area (Å²) in [6, 6.07) is 4.10. The summed E-state index contributed by atoms with van der Waals surface area (Å²) in [5.41, 5.74) is 3.16. The quantitative estimate of drug-likeness (QED) is 0.768. The lowest BCUT2D eigenvalue weighted by Gasteiger charge is -2.19. The zero-order chi connectivity index (χ0) is 15.1. The van der Waals surface area contributed by atoms with Crippen LogP contribution in [0.4, 0.5) is 0 Å². The van der Waals surface area contributed by atoms with Gasteiger partial charge in [0, 0.05) is 6.54 Å². The van der Waals surface area contributed by atoms with Crippen molar-refractivity contribution in [3.8, 4) is 5.75 Å². The molecule has 20 heavy (non-hydrogen) atoms. The normalized spacial score (nSPS) is 12.2. The predicted molar refractivity (Wildman–Crippen MR) is 80.3 cm³/mol. The van der Waals surface area contributed by atoms with Gasteiger partial charge >= 0.3 is 5.97 Å². The summed E-state index contributed by atoms with van der Waals surface area (Å²) in [5.74, 6) is -0.200. The first-order valence-electron chi connectivity index (χ1n) is 7.19. The molecule has 1 unspecified atom stereocenters. The minimum Gasteiger partial charge on any atom is -0.479 e. The van der Waals surface area contributed by atoms with E-state index in [-0.39, 0.29) is 0 Å². The second-order valence-electron chi connectivity index (χ2n) is 5.07. The highest BCUT2D eigenvalue weighted by atomic mass is 16.5. The van der Waals surface area contributed by atoms with Crippen molar-refractivity contribution in [1.29, 1.82) is 0 Å². The van der Waals surface area contributed by atoms with E-state index in [1.165, 1.54) is 5.56 Å². The number of carboxylic acids is 1. The number of ether oxygens (including phenoxy) is 1. The Balaban J connectivity index is 2.92. The second-order valence-corrected chi connectivity index (χ2v) is 5.07. The molecule has 2 N–H and O–H groups in total. The van der Waals surface area contributed by atoms with E-state index in [0.29, 0.717) is 12.2 Å². The molecule has 0 aliphatic rings. The van der Waals surface area contributed by atoms with E-state index in [4.69, 9.17) is 4.74 Å². The lowest BCUT2D eigenvalue weighted by atomic mass is 10.1. The Morgan fingerprint density at radius 2 is 1.90 bits per heavy atom. The van der Waals surface area contributed by atoms with E-state index in [0.717, 1.165) is 30.6 Å². The molecule has 0 spiro atoms. The van der Waals surface area contributed by atoms with Gasteiger partial charge in [0.05, 0.1) is 0 Å². The predicted octanol–water partition coefficient (Wildman–Crippen LogP) is 3.05. The number of carbonyl (C=O) groups is 1. The van der Waals surface area contributed by atoms with Crippen LogP contribution in [-0.4, -0.2) is 23.7 Å². The van der Waals surface area contributed by atoms with Crippen molar-refractivity contribution in [2.24, 2.45) is 0 Å². The van der Waals surface area contributed by atoms with Gasteiger partial charge in [-0.3, -0.25) is 0 Å². The molecule has 0 fully saturated rings. The Hall–Kier alpha value is -1.55. The maximum absolute atomic E-state index is 11.2. The molecule has 1 rings (SSSR count). The number of hydrogen-bond acceptors (Lipinski definition) is 3. The standard InChI is InChI=1S/C16H25NO3/c1-5-7-14(16(18)19)20-15-11(3)8-13(9-12(15)4)10-17-6-2/h8-9,14,17H,5-7,10H2,1-4H3,(H,18,19). The average Bonchev–Trinajstić information content (AvgIpc) is 2.38. The van der Waals surface area contributed by atoms with Crippen molar-refractivity contribution in [2.75, 3.05) is 6.54 Å². The summed E-state index contributed by atoms with van der Waals surface area (Å²) >= 11 is 0. The highest BCUT2D eigenvalue weighted by molar-refractivity contribution is 5.72. The topological polar surface area (TPSA) is 58.6 Å². The molecule has 0 aromatic heterocycles. The fourth-order valence-corrected chi connectivity index (χ4v) is 2.23. The molecular weight excluding hydrogens is 254 g/mol. The first-order valence-corrected chi connectivity index (χ1v) is 7.19. The molecule has 0 saturated carbocycles. The number of benzene rings is 1. The van der Waals surface area contributed by atoms with Crippen molar-refractivity contribution in [3.63, 3.8) is 0 Å². The molecule has 4 heteroatoms. The van der Waals surface area contributed by atoms with E-state index in [1.54, 1.807) is 0 Å². The highest BCUT2D eigenvalue weighted by Gasteiger charge is 2.20. The molecule has 0 saturated heterocycles. The van der Waals surface area contributed by atoms with Crippen molar-refractivity contribution >= 4 is 5.97 Å². The minimum absolute atomic E-state index is 0.521. The zero-order valence-corrected chi connectivity index (χ0v) is 12.8. The number of nitrogens with one attached hydrogen (secondary N) is 1. The molecule has 1 atom stereocenters. The molecule has 112 valence electrons. The molecule has 0 radical (unpaired) electrons. The van der Waals surface area contributed by atoms with E-state index in [2.05, 4.69) is 24.4 Å². The number of aliphatic carboxylic acids is 1. The van der Waals surface area contributed by atoms with Gasteiger partial charge in [0.25, 0.3) is 0 Å². The SMILES string of the molecule is CCCC(Oc1c(C)cc(CNCC)cc1C)C(=O)O. The Morgan fingerprint density at radius 3 is 2.35 bits per heavy atom. The van der Waals surface area contributed by atoms with Crippen molar-refractivity contribution < 1.29 is 14.6 Å². The summed E-state index contributed by atoms with van der Waals surface area (Å²) < 4.78 is 5.72. The average molecular weight is 279 g/mol. The van der Waals surface area contributed by atoms with Crippen LogP contribution in [0.15, 0.2) is 12.1 Å². The molecule has 0 aliphatic heterocycles. The third-order valence-corrected chi connectivity index (χ3v) is 3.19. The monoisotopic (exact) mass is 279 g/mol. The Labute approximate surface area is 121 Å². The third-order valence-electron chi connectivity index (χ3n) is 3.19. The van der Waals surface area contributed by atoms with Crippen LogP contribution in [0, 0.1) is 13.8 Å². The summed E-state index contributed by atoms with van der Waals surface area (Å²) in [5, 5.41) is 12.5. The lowest BCUT2D eigenvalue weighted by Crippen LogP contribution is -2.27. The Bertz CT molecular complexity index is 434. The van der Waals surface area contributed by atoms with Gasteiger partial charge in [-0.05, 0) is 43.5 Å². The maximum Gasteiger partial charge on any atom is 0.344 e. The van der Waals surface area contributed by atoms with E-state index in [9.17, 15) is 9.90 Å². The number of aryl methyl sites for hydroxylation is 2. The fourth-order valence-electron chi connectivity index (χ4n) is 2.23. The van der Waals surface area contributed by atoms with Crippen LogP contribution in [0.5, 0.6) is 5.75 Å². The molecule has 0 amide bonds. The van der Waals surface area contributed by atoms with Crippen LogP contribution in [-0.2, 0) is 11.3 Å². The van der Waals surface area contributed by atoms with Crippen molar-refractivity contribution in [1.82, 2.24) is 5.32 Å². The summed E-state index contributed by atoms with van der Waals surface area (Å²) in [7, 11) is 0. The van der Waals surface area contributed by atoms with Gasteiger partial charge in [-0.25, -0.2) is 4.79 Å². The largest absolute Gasteiger partial charge is 0.479 e. The molecule has 0 heterocycles. The minimum atomic E-state index is -0.901. The van der Waals surface area contributed by atoms with Gasteiger partial charge < -0.3 is 15.2 Å². The lowest BCUT2D eigenvalue weighted by molar-refractivity contribution is -0.145. The van der Waals surface area contributed by atoms with Gasteiger partial charge in [0.2, 0.25) is 0 Å². The van der Waals surface area contributed by atoms with Crippen LogP contribution in [0.25, 0.3) is 0 Å².